The molecule has 5 rings (SSSR count). The zero-order valence-electron chi connectivity index (χ0n) is 18.2. The fourth-order valence-corrected chi connectivity index (χ4v) is 4.39. The molecular weight excluding hydrogens is 422 g/mol. The van der Waals surface area contributed by atoms with Gasteiger partial charge < -0.3 is 15.1 Å². The number of carbonyl (C=O) groups is 1. The first kappa shape index (κ1) is 20.5. The number of nitro groups is 1. The van der Waals surface area contributed by atoms with Crippen LogP contribution in [-0.2, 0) is 4.79 Å². The van der Waals surface area contributed by atoms with Crippen LogP contribution in [0.4, 0.5) is 11.6 Å². The third-order valence-corrected chi connectivity index (χ3v) is 5.97. The second kappa shape index (κ2) is 7.63. The van der Waals surface area contributed by atoms with Crippen LogP contribution in [0, 0.1) is 17.0 Å². The Labute approximate surface area is 188 Å². The smallest absolute Gasteiger partial charge is 0.273 e. The molecule has 2 N–H and O–H groups in total. The average Bonchev–Trinajstić information content (AvgIpc) is 3.42. The van der Waals surface area contributed by atoms with E-state index in [2.05, 4.69) is 15.6 Å². The number of nitrogens with zero attached hydrogens (tertiary/aromatic N) is 3. The molecule has 0 unspecified atom stereocenters. The van der Waals surface area contributed by atoms with Gasteiger partial charge in [0, 0.05) is 29.9 Å². The van der Waals surface area contributed by atoms with Crippen LogP contribution >= 0.6 is 0 Å². The average molecular weight is 443 g/mol. The van der Waals surface area contributed by atoms with Crippen molar-refractivity contribution in [3.63, 3.8) is 0 Å². The van der Waals surface area contributed by atoms with Gasteiger partial charge in [-0.25, -0.2) is 4.98 Å². The summed E-state index contributed by atoms with van der Waals surface area (Å²) in [6, 6.07) is 15.6. The molecule has 2 aromatic carbocycles. The largest absolute Gasteiger partial charge is 0.458 e. The van der Waals surface area contributed by atoms with Crippen molar-refractivity contribution >= 4 is 28.6 Å². The summed E-state index contributed by atoms with van der Waals surface area (Å²) in [7, 11) is 1.58. The Morgan fingerprint density at radius 3 is 2.70 bits per heavy atom. The molecule has 1 aliphatic rings. The van der Waals surface area contributed by atoms with Crippen LogP contribution in [0.2, 0.25) is 0 Å². The maximum atomic E-state index is 12.9. The molecule has 33 heavy (non-hydrogen) atoms. The van der Waals surface area contributed by atoms with E-state index in [0.29, 0.717) is 39.9 Å². The number of nitro benzene ring substituents is 1. The van der Waals surface area contributed by atoms with Crippen LogP contribution < -0.4 is 10.6 Å². The Kier molecular flexibility index (Phi) is 4.74. The third kappa shape index (κ3) is 3.16. The summed E-state index contributed by atoms with van der Waals surface area (Å²) in [5, 5.41) is 17.3. The molecule has 1 aliphatic heterocycles. The van der Waals surface area contributed by atoms with Crippen LogP contribution in [-0.4, -0.2) is 27.4 Å². The highest BCUT2D eigenvalue weighted by Crippen LogP contribution is 2.41. The van der Waals surface area contributed by atoms with Crippen molar-refractivity contribution in [1.29, 1.82) is 0 Å². The molecule has 1 amide bonds. The second-order valence-electron chi connectivity index (χ2n) is 7.85. The van der Waals surface area contributed by atoms with E-state index in [1.54, 1.807) is 38.2 Å². The van der Waals surface area contributed by atoms with E-state index >= 15 is 0 Å². The highest BCUT2D eigenvalue weighted by molar-refractivity contribution is 5.97. The molecule has 0 bridgehead atoms. The Hall–Kier alpha value is -4.40. The van der Waals surface area contributed by atoms with Crippen LogP contribution in [0.15, 0.2) is 70.3 Å². The van der Waals surface area contributed by atoms with Gasteiger partial charge in [-0.2, -0.15) is 0 Å². The number of hydrogen-bond acceptors (Lipinski definition) is 6. The van der Waals surface area contributed by atoms with Crippen molar-refractivity contribution in [2.24, 2.45) is 0 Å². The molecule has 0 saturated heterocycles. The number of anilines is 1. The van der Waals surface area contributed by atoms with E-state index in [9.17, 15) is 14.9 Å². The Morgan fingerprint density at radius 1 is 1.15 bits per heavy atom. The Morgan fingerprint density at radius 2 is 1.94 bits per heavy atom. The lowest BCUT2D eigenvalue weighted by Gasteiger charge is -2.28. The minimum atomic E-state index is -0.568. The molecule has 0 saturated carbocycles. The predicted octanol–water partition coefficient (Wildman–Crippen LogP) is 4.55. The summed E-state index contributed by atoms with van der Waals surface area (Å²) in [6.45, 7) is 3.52. The standard InChI is InChI=1S/C24H21N5O4/c1-13-15(7-6-10-17(13)29(31)32)19-11-12-20(33-19)22-21(23(30)25-3)14(2)26-24-27-16-8-4-5-9-18(16)28(22)24/h4-12,22H,1-3H3,(H,25,30)(H,26,27)/t22-/m1/s1. The number of allylic oxidation sites excluding steroid dienone is 1. The number of nitrogens with one attached hydrogen (secondary N) is 2. The molecular formula is C24H21N5O4. The number of para-hydroxylation sites is 2. The molecule has 0 radical (unpaired) electrons. The topological polar surface area (TPSA) is 115 Å². The first-order valence-electron chi connectivity index (χ1n) is 10.4. The van der Waals surface area contributed by atoms with Crippen molar-refractivity contribution < 1.29 is 14.1 Å². The van der Waals surface area contributed by atoms with Crippen molar-refractivity contribution in [3.8, 4) is 11.3 Å². The molecule has 9 nitrogen and oxygen atoms in total. The summed E-state index contributed by atoms with van der Waals surface area (Å²) < 4.78 is 8.20. The molecule has 3 heterocycles. The quantitative estimate of drug-likeness (QED) is 0.353. The van der Waals surface area contributed by atoms with E-state index in [4.69, 9.17) is 4.42 Å². The number of furan rings is 1. The first-order valence-corrected chi connectivity index (χ1v) is 10.4. The van der Waals surface area contributed by atoms with E-state index in [1.165, 1.54) is 6.07 Å². The van der Waals surface area contributed by atoms with Gasteiger partial charge in [-0.3, -0.25) is 19.5 Å². The summed E-state index contributed by atoms with van der Waals surface area (Å²) in [6.07, 6.45) is 0. The number of carbonyl (C=O) groups excluding carboxylic acids is 1. The SMILES string of the molecule is CNC(=O)C1=C(C)Nc2nc3ccccc3n2[C@@H]1c1ccc(-c2cccc([N+](=O)[O-])c2C)o1. The molecule has 2 aromatic heterocycles. The van der Waals surface area contributed by atoms with Crippen molar-refractivity contribution in [1.82, 2.24) is 14.9 Å². The molecule has 0 spiro atoms. The van der Waals surface area contributed by atoms with Gasteiger partial charge in [0.05, 0.1) is 21.5 Å². The van der Waals surface area contributed by atoms with Crippen molar-refractivity contribution in [3.05, 3.63) is 87.3 Å². The second-order valence-corrected chi connectivity index (χ2v) is 7.85. The van der Waals surface area contributed by atoms with E-state index < -0.39 is 11.0 Å². The van der Waals surface area contributed by atoms with Crippen molar-refractivity contribution in [2.75, 3.05) is 12.4 Å². The lowest BCUT2D eigenvalue weighted by molar-refractivity contribution is -0.385. The maximum Gasteiger partial charge on any atom is 0.273 e. The molecule has 166 valence electrons. The van der Waals surface area contributed by atoms with Gasteiger partial charge in [0.2, 0.25) is 5.95 Å². The molecule has 9 heteroatoms. The van der Waals surface area contributed by atoms with Gasteiger partial charge in [0.1, 0.15) is 17.6 Å². The van der Waals surface area contributed by atoms with Gasteiger partial charge >= 0.3 is 0 Å². The minimum absolute atomic E-state index is 0.0250. The van der Waals surface area contributed by atoms with Gasteiger partial charge in [-0.05, 0) is 38.1 Å². The molecule has 4 aromatic rings. The minimum Gasteiger partial charge on any atom is -0.458 e. The zero-order valence-corrected chi connectivity index (χ0v) is 18.2. The number of likely N-dealkylation sites (N-methyl/N-ethyl adjacent to an activating group) is 1. The summed E-state index contributed by atoms with van der Waals surface area (Å²) >= 11 is 0. The monoisotopic (exact) mass is 443 g/mol. The number of amides is 1. The highest BCUT2D eigenvalue weighted by Gasteiger charge is 2.35. The maximum absolute atomic E-state index is 12.9. The zero-order chi connectivity index (χ0) is 23.3. The number of aromatic nitrogens is 2. The molecule has 0 fully saturated rings. The van der Waals surface area contributed by atoms with Gasteiger partial charge in [0.25, 0.3) is 11.6 Å². The van der Waals surface area contributed by atoms with E-state index in [-0.39, 0.29) is 11.6 Å². The van der Waals surface area contributed by atoms with Gasteiger partial charge in [-0.15, -0.1) is 0 Å². The number of rotatable bonds is 4. The number of benzene rings is 2. The number of imidazole rings is 1. The normalized spacial score (nSPS) is 15.3. The Bertz CT molecular complexity index is 1460. The van der Waals surface area contributed by atoms with Crippen LogP contribution in [0.25, 0.3) is 22.4 Å². The number of fused-ring (bicyclic) bond motifs is 3. The first-order chi connectivity index (χ1) is 15.9. The number of hydrogen-bond donors (Lipinski definition) is 2. The summed E-state index contributed by atoms with van der Waals surface area (Å²) in [5.74, 6) is 1.39. The summed E-state index contributed by atoms with van der Waals surface area (Å²) in [4.78, 5) is 28.6. The highest BCUT2D eigenvalue weighted by atomic mass is 16.6. The third-order valence-electron chi connectivity index (χ3n) is 5.97. The molecule has 1 atom stereocenters. The van der Waals surface area contributed by atoms with Crippen LogP contribution in [0.5, 0.6) is 0 Å². The predicted molar refractivity (Wildman–Crippen MR) is 124 cm³/mol. The van der Waals surface area contributed by atoms with Gasteiger partial charge in [-0.1, -0.05) is 24.3 Å². The van der Waals surface area contributed by atoms with Crippen LogP contribution in [0.1, 0.15) is 24.3 Å². The lowest BCUT2D eigenvalue weighted by atomic mass is 9.99. The van der Waals surface area contributed by atoms with E-state index in [1.807, 2.05) is 35.8 Å². The van der Waals surface area contributed by atoms with Gasteiger partial charge in [0.15, 0.2) is 0 Å². The summed E-state index contributed by atoms with van der Waals surface area (Å²) in [5.41, 5.74) is 3.98. The van der Waals surface area contributed by atoms with E-state index in [0.717, 1.165) is 11.0 Å². The Balaban J connectivity index is 1.70. The fourth-order valence-electron chi connectivity index (χ4n) is 4.39. The van der Waals surface area contributed by atoms with Crippen LogP contribution in [0.3, 0.4) is 0 Å². The fraction of sp³-hybridized carbons (Fsp3) is 0.167. The van der Waals surface area contributed by atoms with Crippen molar-refractivity contribution in [2.45, 2.75) is 19.9 Å². The molecule has 0 aliphatic carbocycles. The lowest BCUT2D eigenvalue weighted by Crippen LogP contribution is -2.32.